The monoisotopic (exact) mass is 440 g/mol. The van der Waals surface area contributed by atoms with Gasteiger partial charge in [-0.1, -0.05) is 22.0 Å². The van der Waals surface area contributed by atoms with Gasteiger partial charge in [0.2, 0.25) is 0 Å². The molecule has 0 spiro atoms. The molecule has 2 aromatic carbocycles. The van der Waals surface area contributed by atoms with Gasteiger partial charge >= 0.3 is 0 Å². The van der Waals surface area contributed by atoms with Gasteiger partial charge in [0, 0.05) is 15.5 Å². The van der Waals surface area contributed by atoms with Gasteiger partial charge in [0.25, 0.3) is 5.91 Å². The molecule has 4 aromatic rings. The molecule has 2 aromatic heterocycles. The molecule has 0 aliphatic rings. The average molecular weight is 441 g/mol. The van der Waals surface area contributed by atoms with Crippen molar-refractivity contribution in [3.05, 3.63) is 81.4 Å². The van der Waals surface area contributed by atoms with Gasteiger partial charge in [0.1, 0.15) is 5.82 Å². The number of nitrogens with one attached hydrogen (secondary N) is 1. The van der Waals surface area contributed by atoms with Crippen LogP contribution in [0.2, 0.25) is 0 Å². The van der Waals surface area contributed by atoms with Crippen LogP contribution in [0.1, 0.15) is 15.9 Å². The van der Waals surface area contributed by atoms with E-state index in [-0.39, 0.29) is 11.7 Å². The summed E-state index contributed by atoms with van der Waals surface area (Å²) in [4.78, 5) is 18.8. The van der Waals surface area contributed by atoms with Crippen LogP contribution in [0.5, 0.6) is 0 Å². The Labute approximate surface area is 168 Å². The summed E-state index contributed by atoms with van der Waals surface area (Å²) < 4.78 is 14.0. The fraction of sp³-hybridized carbons (Fsp3) is 0.0476. The summed E-state index contributed by atoms with van der Waals surface area (Å²) in [6.45, 7) is 1.97. The fourth-order valence-corrected chi connectivity index (χ4v) is 4.18. The molecule has 0 radical (unpaired) electrons. The van der Waals surface area contributed by atoms with Crippen LogP contribution in [0.25, 0.3) is 21.5 Å². The first-order valence-electron chi connectivity index (χ1n) is 8.23. The SMILES string of the molecule is Cc1cc(Br)cc2c(C(=O)Nc3ccc(F)cc3)cc(-c3cccs3)nc12. The zero-order valence-corrected chi connectivity index (χ0v) is 16.7. The van der Waals surface area contributed by atoms with Crippen molar-refractivity contribution in [2.45, 2.75) is 6.92 Å². The van der Waals surface area contributed by atoms with Crippen molar-refractivity contribution < 1.29 is 9.18 Å². The first-order chi connectivity index (χ1) is 13.0. The Balaban J connectivity index is 1.86. The van der Waals surface area contributed by atoms with E-state index in [0.717, 1.165) is 31.5 Å². The number of hydrogen-bond acceptors (Lipinski definition) is 3. The third-order valence-corrected chi connectivity index (χ3v) is 5.54. The molecule has 0 unspecified atom stereocenters. The lowest BCUT2D eigenvalue weighted by atomic mass is 10.0. The number of aromatic nitrogens is 1. The third kappa shape index (κ3) is 3.63. The minimum Gasteiger partial charge on any atom is -0.322 e. The number of aryl methyl sites for hydroxylation is 1. The van der Waals surface area contributed by atoms with Gasteiger partial charge < -0.3 is 5.32 Å². The highest BCUT2D eigenvalue weighted by molar-refractivity contribution is 9.10. The number of carbonyl (C=O) groups is 1. The number of hydrogen-bond donors (Lipinski definition) is 1. The molecular weight excluding hydrogens is 427 g/mol. The number of carbonyl (C=O) groups excluding carboxylic acids is 1. The molecule has 1 N–H and O–H groups in total. The molecule has 0 saturated carbocycles. The molecule has 1 amide bonds. The number of nitrogens with zero attached hydrogens (tertiary/aromatic N) is 1. The zero-order chi connectivity index (χ0) is 19.0. The van der Waals surface area contributed by atoms with Gasteiger partial charge in [-0.05, 0) is 66.4 Å². The summed E-state index contributed by atoms with van der Waals surface area (Å²) in [5, 5.41) is 5.59. The fourth-order valence-electron chi connectivity index (χ4n) is 2.93. The predicted octanol–water partition coefficient (Wildman–Crippen LogP) is 6.43. The van der Waals surface area contributed by atoms with E-state index < -0.39 is 0 Å². The zero-order valence-electron chi connectivity index (χ0n) is 14.3. The van der Waals surface area contributed by atoms with Crippen molar-refractivity contribution in [1.82, 2.24) is 4.98 Å². The van der Waals surface area contributed by atoms with Crippen LogP contribution < -0.4 is 5.32 Å². The van der Waals surface area contributed by atoms with Crippen LogP contribution in [0.4, 0.5) is 10.1 Å². The van der Waals surface area contributed by atoms with Gasteiger partial charge in [0.05, 0.1) is 21.7 Å². The van der Waals surface area contributed by atoms with Crippen LogP contribution in [0, 0.1) is 12.7 Å². The Morgan fingerprint density at radius 3 is 2.63 bits per heavy atom. The maximum Gasteiger partial charge on any atom is 0.256 e. The smallest absolute Gasteiger partial charge is 0.256 e. The van der Waals surface area contributed by atoms with E-state index in [9.17, 15) is 9.18 Å². The first kappa shape index (κ1) is 17.8. The minimum absolute atomic E-state index is 0.260. The van der Waals surface area contributed by atoms with Crippen LogP contribution >= 0.6 is 27.3 Å². The largest absolute Gasteiger partial charge is 0.322 e. The lowest BCUT2D eigenvalue weighted by Crippen LogP contribution is -2.13. The van der Waals surface area contributed by atoms with Crippen molar-refractivity contribution in [2.24, 2.45) is 0 Å². The van der Waals surface area contributed by atoms with E-state index in [2.05, 4.69) is 21.2 Å². The number of anilines is 1. The normalized spacial score (nSPS) is 10.9. The Hall–Kier alpha value is -2.57. The maximum atomic E-state index is 13.1. The third-order valence-electron chi connectivity index (χ3n) is 4.19. The molecule has 3 nitrogen and oxygen atoms in total. The molecule has 0 aliphatic heterocycles. The van der Waals surface area contributed by atoms with Crippen molar-refractivity contribution in [3.63, 3.8) is 0 Å². The summed E-state index contributed by atoms with van der Waals surface area (Å²) in [6, 6.07) is 15.3. The quantitative estimate of drug-likeness (QED) is 0.398. The van der Waals surface area contributed by atoms with E-state index >= 15 is 0 Å². The lowest BCUT2D eigenvalue weighted by molar-refractivity contribution is 0.102. The number of benzene rings is 2. The summed E-state index contributed by atoms with van der Waals surface area (Å²) in [7, 11) is 0. The molecule has 6 heteroatoms. The molecule has 0 fully saturated rings. The first-order valence-corrected chi connectivity index (χ1v) is 9.90. The summed E-state index contributed by atoms with van der Waals surface area (Å²) in [5.74, 6) is -0.605. The molecule has 134 valence electrons. The highest BCUT2D eigenvalue weighted by atomic mass is 79.9. The second kappa shape index (κ2) is 7.21. The van der Waals surface area contributed by atoms with E-state index in [1.165, 1.54) is 24.3 Å². The second-order valence-electron chi connectivity index (χ2n) is 6.11. The van der Waals surface area contributed by atoms with Crippen LogP contribution in [-0.2, 0) is 0 Å². The van der Waals surface area contributed by atoms with Gasteiger partial charge in [-0.25, -0.2) is 9.37 Å². The summed E-state index contributed by atoms with van der Waals surface area (Å²) >= 11 is 5.07. The maximum absolute atomic E-state index is 13.1. The highest BCUT2D eigenvalue weighted by Gasteiger charge is 2.16. The molecule has 27 heavy (non-hydrogen) atoms. The molecule has 2 heterocycles. The standard InChI is InChI=1S/C21H14BrFN2OS/c1-12-9-13(22)10-16-17(21(26)24-15-6-4-14(23)5-7-15)11-18(25-20(12)16)19-3-2-8-27-19/h2-11H,1H3,(H,24,26). The molecule has 0 aliphatic carbocycles. The van der Waals surface area contributed by atoms with Crippen LogP contribution in [-0.4, -0.2) is 10.9 Å². The topological polar surface area (TPSA) is 42.0 Å². The number of thiophene rings is 1. The van der Waals surface area contributed by atoms with Gasteiger partial charge in [-0.3, -0.25) is 4.79 Å². The average Bonchev–Trinajstić information content (AvgIpc) is 3.17. The highest BCUT2D eigenvalue weighted by Crippen LogP contribution is 2.31. The summed E-state index contributed by atoms with van der Waals surface area (Å²) in [5.41, 5.74) is 3.59. The Morgan fingerprint density at radius 1 is 1.15 bits per heavy atom. The van der Waals surface area contributed by atoms with Gasteiger partial charge in [-0.15, -0.1) is 11.3 Å². The van der Waals surface area contributed by atoms with Gasteiger partial charge in [-0.2, -0.15) is 0 Å². The number of fused-ring (bicyclic) bond motifs is 1. The predicted molar refractivity (Wildman–Crippen MR) is 112 cm³/mol. The van der Waals surface area contributed by atoms with Crippen molar-refractivity contribution in [2.75, 3.05) is 5.32 Å². The second-order valence-corrected chi connectivity index (χ2v) is 7.98. The molecule has 0 bridgehead atoms. The van der Waals surface area contributed by atoms with Gasteiger partial charge in [0.15, 0.2) is 0 Å². The molecular formula is C21H14BrFN2OS. The molecule has 0 atom stereocenters. The van der Waals surface area contributed by atoms with Crippen molar-refractivity contribution in [1.29, 1.82) is 0 Å². The number of amides is 1. The van der Waals surface area contributed by atoms with E-state index in [4.69, 9.17) is 4.98 Å². The van der Waals surface area contributed by atoms with E-state index in [1.807, 2.05) is 36.6 Å². The minimum atomic E-state index is -0.345. The van der Waals surface area contributed by atoms with Crippen LogP contribution in [0.3, 0.4) is 0 Å². The Bertz CT molecular complexity index is 1140. The van der Waals surface area contributed by atoms with Crippen molar-refractivity contribution in [3.8, 4) is 10.6 Å². The lowest BCUT2D eigenvalue weighted by Gasteiger charge is -2.12. The van der Waals surface area contributed by atoms with E-state index in [1.54, 1.807) is 17.4 Å². The van der Waals surface area contributed by atoms with Crippen LogP contribution in [0.15, 0.2) is 64.5 Å². The molecule has 0 saturated heterocycles. The van der Waals surface area contributed by atoms with Crippen molar-refractivity contribution >= 4 is 49.8 Å². The summed E-state index contributed by atoms with van der Waals surface area (Å²) in [6.07, 6.45) is 0. The Morgan fingerprint density at radius 2 is 1.93 bits per heavy atom. The molecule has 4 rings (SSSR count). The van der Waals surface area contributed by atoms with E-state index in [0.29, 0.717) is 11.3 Å². The number of rotatable bonds is 3. The number of halogens is 2. The Kier molecular flexibility index (Phi) is 4.76. The number of pyridine rings is 1.